The van der Waals surface area contributed by atoms with Crippen LogP contribution in [-0.4, -0.2) is 11.6 Å². The Kier molecular flexibility index (Phi) is 4.60. The molecule has 0 spiro atoms. The van der Waals surface area contributed by atoms with Crippen LogP contribution in [-0.2, 0) is 5.92 Å². The van der Waals surface area contributed by atoms with Crippen LogP contribution in [0, 0.1) is 0 Å². The van der Waals surface area contributed by atoms with Gasteiger partial charge in [-0.15, -0.1) is 0 Å². The quantitative estimate of drug-likeness (QED) is 0.760. The minimum Gasteiger partial charge on any atom is -0.494 e. The highest BCUT2D eigenvalue weighted by Gasteiger charge is 2.37. The Bertz CT molecular complexity index is 605. The van der Waals surface area contributed by atoms with Gasteiger partial charge in [-0.3, -0.25) is 4.98 Å². The average Bonchev–Trinajstić information content (AvgIpc) is 2.39. The smallest absolute Gasteiger partial charge is 0.316 e. The summed E-state index contributed by atoms with van der Waals surface area (Å²) in [4.78, 5) is 3.74. The number of alkyl halides is 2. The van der Waals surface area contributed by atoms with Gasteiger partial charge in [-0.1, -0.05) is 11.6 Å². The van der Waals surface area contributed by atoms with Crippen molar-refractivity contribution in [1.29, 1.82) is 0 Å². The van der Waals surface area contributed by atoms with E-state index in [-0.39, 0.29) is 16.3 Å². The molecule has 0 radical (unpaired) electrons. The van der Waals surface area contributed by atoms with Gasteiger partial charge in [0.05, 0.1) is 11.6 Å². The van der Waals surface area contributed by atoms with E-state index in [1.165, 1.54) is 36.5 Å². The summed E-state index contributed by atoms with van der Waals surface area (Å²) >= 11 is 9.09. The standard InChI is InChI=1S/C14H11BrClF2NO/c1-2-20-10-4-5-11(12(16)7-10)14(17,18)13-6-3-9(15)8-19-13/h3-8H,2H2,1H3. The minimum atomic E-state index is -3.26. The van der Waals surface area contributed by atoms with Crippen LogP contribution in [0.3, 0.4) is 0 Å². The zero-order chi connectivity index (χ0) is 14.8. The van der Waals surface area contributed by atoms with E-state index in [2.05, 4.69) is 20.9 Å². The summed E-state index contributed by atoms with van der Waals surface area (Å²) in [6.45, 7) is 2.25. The van der Waals surface area contributed by atoms with Crippen LogP contribution in [0.4, 0.5) is 8.78 Å². The number of hydrogen-bond donors (Lipinski definition) is 0. The number of hydrogen-bond acceptors (Lipinski definition) is 2. The summed E-state index contributed by atoms with van der Waals surface area (Å²) in [7, 11) is 0. The molecule has 0 N–H and O–H groups in total. The SMILES string of the molecule is CCOc1ccc(C(F)(F)c2ccc(Br)cn2)c(Cl)c1. The molecule has 0 aliphatic rings. The zero-order valence-corrected chi connectivity index (χ0v) is 12.9. The molecule has 0 aliphatic carbocycles. The normalized spacial score (nSPS) is 11.4. The van der Waals surface area contributed by atoms with Crippen molar-refractivity contribution >= 4 is 27.5 Å². The molecule has 0 unspecified atom stereocenters. The van der Waals surface area contributed by atoms with Gasteiger partial charge in [-0.05, 0) is 53.2 Å². The van der Waals surface area contributed by atoms with E-state index in [9.17, 15) is 8.78 Å². The predicted octanol–water partition coefficient (Wildman–Crippen LogP) is 5.04. The van der Waals surface area contributed by atoms with Crippen molar-refractivity contribution in [3.8, 4) is 5.75 Å². The minimum absolute atomic E-state index is 0.0503. The fraction of sp³-hybridized carbons (Fsp3) is 0.214. The summed E-state index contributed by atoms with van der Waals surface area (Å²) in [5.41, 5.74) is -0.649. The van der Waals surface area contributed by atoms with Gasteiger partial charge in [0.15, 0.2) is 0 Å². The summed E-state index contributed by atoms with van der Waals surface area (Å²) in [5.74, 6) is -2.80. The van der Waals surface area contributed by atoms with Crippen LogP contribution in [0.1, 0.15) is 18.2 Å². The van der Waals surface area contributed by atoms with Gasteiger partial charge in [0.1, 0.15) is 11.4 Å². The number of benzene rings is 1. The van der Waals surface area contributed by atoms with Crippen LogP contribution < -0.4 is 4.74 Å². The van der Waals surface area contributed by atoms with E-state index in [0.717, 1.165) is 0 Å². The first-order valence-corrected chi connectivity index (χ1v) is 7.05. The maximum absolute atomic E-state index is 14.4. The van der Waals surface area contributed by atoms with E-state index in [0.29, 0.717) is 16.8 Å². The molecule has 106 valence electrons. The second-order valence-corrected chi connectivity index (χ2v) is 5.33. The Hall–Kier alpha value is -1.20. The molecule has 0 atom stereocenters. The van der Waals surface area contributed by atoms with Gasteiger partial charge in [-0.2, -0.15) is 8.78 Å². The first-order valence-electron chi connectivity index (χ1n) is 5.88. The molecule has 0 saturated carbocycles. The topological polar surface area (TPSA) is 22.1 Å². The van der Waals surface area contributed by atoms with Gasteiger partial charge < -0.3 is 4.74 Å². The number of ether oxygens (including phenoxy) is 1. The molecule has 0 saturated heterocycles. The van der Waals surface area contributed by atoms with Gasteiger partial charge in [-0.25, -0.2) is 0 Å². The van der Waals surface area contributed by atoms with Gasteiger partial charge in [0, 0.05) is 16.2 Å². The summed E-state index contributed by atoms with van der Waals surface area (Å²) < 4.78 is 34.6. The largest absolute Gasteiger partial charge is 0.494 e. The molecule has 2 nitrogen and oxygen atoms in total. The lowest BCUT2D eigenvalue weighted by molar-refractivity contribution is 0.0380. The molecule has 0 amide bonds. The van der Waals surface area contributed by atoms with Gasteiger partial charge in [0.25, 0.3) is 0 Å². The Morgan fingerprint density at radius 2 is 2.05 bits per heavy atom. The van der Waals surface area contributed by atoms with Crippen molar-refractivity contribution in [2.24, 2.45) is 0 Å². The molecule has 20 heavy (non-hydrogen) atoms. The maximum Gasteiger partial charge on any atom is 0.316 e. The number of pyridine rings is 1. The van der Waals surface area contributed by atoms with Crippen molar-refractivity contribution < 1.29 is 13.5 Å². The fourth-order valence-electron chi connectivity index (χ4n) is 1.71. The van der Waals surface area contributed by atoms with Crippen LogP contribution in [0.5, 0.6) is 5.75 Å². The van der Waals surface area contributed by atoms with E-state index in [1.54, 1.807) is 0 Å². The molecule has 0 aliphatic heterocycles. The lowest BCUT2D eigenvalue weighted by atomic mass is 10.0. The van der Waals surface area contributed by atoms with Crippen molar-refractivity contribution in [3.05, 3.63) is 57.3 Å². The highest BCUT2D eigenvalue weighted by Crippen LogP contribution is 2.39. The Balaban J connectivity index is 2.40. The third kappa shape index (κ3) is 3.10. The maximum atomic E-state index is 14.4. The Morgan fingerprint density at radius 3 is 2.60 bits per heavy atom. The highest BCUT2D eigenvalue weighted by atomic mass is 79.9. The highest BCUT2D eigenvalue weighted by molar-refractivity contribution is 9.10. The van der Waals surface area contributed by atoms with Crippen LogP contribution in [0.15, 0.2) is 41.0 Å². The number of rotatable bonds is 4. The lowest BCUT2D eigenvalue weighted by Gasteiger charge is -2.18. The van der Waals surface area contributed by atoms with Gasteiger partial charge >= 0.3 is 5.92 Å². The lowest BCUT2D eigenvalue weighted by Crippen LogP contribution is -2.17. The van der Waals surface area contributed by atoms with Crippen LogP contribution in [0.2, 0.25) is 5.02 Å². The second kappa shape index (κ2) is 6.06. The second-order valence-electron chi connectivity index (χ2n) is 4.01. The van der Waals surface area contributed by atoms with E-state index in [4.69, 9.17) is 16.3 Å². The van der Waals surface area contributed by atoms with Crippen molar-refractivity contribution in [3.63, 3.8) is 0 Å². The predicted molar refractivity (Wildman–Crippen MR) is 77.6 cm³/mol. The van der Waals surface area contributed by atoms with Crippen molar-refractivity contribution in [2.45, 2.75) is 12.8 Å². The van der Waals surface area contributed by atoms with E-state index in [1.807, 2.05) is 6.92 Å². The van der Waals surface area contributed by atoms with Crippen LogP contribution >= 0.6 is 27.5 Å². The summed E-state index contributed by atoms with van der Waals surface area (Å²) in [6.07, 6.45) is 1.33. The monoisotopic (exact) mass is 361 g/mol. The van der Waals surface area contributed by atoms with Crippen LogP contribution in [0.25, 0.3) is 0 Å². The third-order valence-corrected chi connectivity index (χ3v) is 3.42. The summed E-state index contributed by atoms with van der Waals surface area (Å²) in [6, 6.07) is 6.89. The molecule has 0 fully saturated rings. The molecule has 1 aromatic carbocycles. The number of nitrogens with zero attached hydrogens (tertiary/aromatic N) is 1. The van der Waals surface area contributed by atoms with Crippen molar-refractivity contribution in [2.75, 3.05) is 6.61 Å². The Labute approximate surface area is 128 Å². The van der Waals surface area contributed by atoms with Crippen molar-refractivity contribution in [1.82, 2.24) is 4.98 Å². The van der Waals surface area contributed by atoms with E-state index < -0.39 is 5.92 Å². The molecule has 1 heterocycles. The number of aromatic nitrogens is 1. The molecule has 0 bridgehead atoms. The first kappa shape index (κ1) is 15.2. The average molecular weight is 363 g/mol. The molecule has 2 aromatic rings. The molecule has 2 rings (SSSR count). The molecular weight excluding hydrogens is 352 g/mol. The zero-order valence-electron chi connectivity index (χ0n) is 10.5. The van der Waals surface area contributed by atoms with Gasteiger partial charge in [0.2, 0.25) is 0 Å². The molecular formula is C14H11BrClF2NO. The Morgan fingerprint density at radius 1 is 1.30 bits per heavy atom. The first-order chi connectivity index (χ1) is 9.45. The number of halogens is 4. The summed E-state index contributed by atoms with van der Waals surface area (Å²) in [5, 5.41) is -0.0503. The van der Waals surface area contributed by atoms with E-state index >= 15 is 0 Å². The third-order valence-electron chi connectivity index (χ3n) is 2.64. The fourth-order valence-corrected chi connectivity index (χ4v) is 2.23. The molecule has 6 heteroatoms. The molecule has 1 aromatic heterocycles.